The summed E-state index contributed by atoms with van der Waals surface area (Å²) in [6.07, 6.45) is 5.16. The number of aromatic nitrogens is 2. The first-order valence-corrected chi connectivity index (χ1v) is 10.8. The maximum atomic E-state index is 15.2. The van der Waals surface area contributed by atoms with E-state index in [9.17, 15) is 4.79 Å². The minimum absolute atomic E-state index is 0.00150. The monoisotopic (exact) mass is 429 g/mol. The van der Waals surface area contributed by atoms with Crippen LogP contribution < -0.4 is 4.74 Å². The van der Waals surface area contributed by atoms with Gasteiger partial charge in [0.25, 0.3) is 0 Å². The van der Waals surface area contributed by atoms with Crippen LogP contribution in [0.5, 0.6) is 5.75 Å². The number of hydrogen-bond donors (Lipinski definition) is 1. The lowest BCUT2D eigenvalue weighted by Gasteiger charge is -2.36. The van der Waals surface area contributed by atoms with Gasteiger partial charge in [0.2, 0.25) is 5.91 Å². The lowest BCUT2D eigenvalue weighted by molar-refractivity contribution is -0.133. The zero-order chi connectivity index (χ0) is 22.1. The highest BCUT2D eigenvalue weighted by Crippen LogP contribution is 2.40. The maximum absolute atomic E-state index is 15.2. The molecule has 6 heteroatoms. The fourth-order valence-electron chi connectivity index (χ4n) is 4.63. The Morgan fingerprint density at radius 1 is 1.22 bits per heavy atom. The van der Waals surface area contributed by atoms with Crippen molar-refractivity contribution in [1.82, 2.24) is 14.9 Å². The number of carbonyl (C=O) groups excluding carboxylic acids is 1. The van der Waals surface area contributed by atoms with Crippen molar-refractivity contribution in [2.24, 2.45) is 0 Å². The normalized spacial score (nSPS) is 15.6. The second-order valence-corrected chi connectivity index (χ2v) is 8.05. The van der Waals surface area contributed by atoms with Gasteiger partial charge in [0.1, 0.15) is 17.6 Å². The number of pyridine rings is 1. The Balaban J connectivity index is 1.54. The fourth-order valence-corrected chi connectivity index (χ4v) is 4.63. The van der Waals surface area contributed by atoms with E-state index in [4.69, 9.17) is 4.74 Å². The number of hydrogen-bond acceptors (Lipinski definition) is 3. The van der Waals surface area contributed by atoms with Crippen molar-refractivity contribution in [1.29, 1.82) is 0 Å². The number of rotatable bonds is 5. The molecule has 3 heterocycles. The van der Waals surface area contributed by atoms with Crippen molar-refractivity contribution in [2.75, 3.05) is 13.7 Å². The Bertz CT molecular complexity index is 1270. The third-order valence-electron chi connectivity index (χ3n) is 6.21. The first-order valence-electron chi connectivity index (χ1n) is 10.8. The summed E-state index contributed by atoms with van der Waals surface area (Å²) in [4.78, 5) is 22.8. The van der Waals surface area contributed by atoms with Crippen molar-refractivity contribution in [3.8, 4) is 5.75 Å². The molecule has 1 atom stereocenters. The molecular formula is C26H24FN3O2. The van der Waals surface area contributed by atoms with Gasteiger partial charge in [0, 0.05) is 53.6 Å². The molecule has 0 fully saturated rings. The smallest absolute Gasteiger partial charge is 0.223 e. The van der Waals surface area contributed by atoms with Gasteiger partial charge in [0.05, 0.1) is 7.11 Å². The van der Waals surface area contributed by atoms with Crippen LogP contribution in [0.15, 0.2) is 67.0 Å². The molecule has 2 aromatic carbocycles. The van der Waals surface area contributed by atoms with E-state index < -0.39 is 6.04 Å². The molecular weight excluding hydrogens is 405 g/mol. The summed E-state index contributed by atoms with van der Waals surface area (Å²) in [5, 5.41) is 1.13. The Hall–Kier alpha value is -3.67. The minimum atomic E-state index is -0.515. The van der Waals surface area contributed by atoms with Crippen LogP contribution in [0.2, 0.25) is 0 Å². The zero-order valence-corrected chi connectivity index (χ0v) is 17.8. The summed E-state index contributed by atoms with van der Waals surface area (Å²) < 4.78 is 20.4. The Morgan fingerprint density at radius 2 is 2.09 bits per heavy atom. The predicted molar refractivity (Wildman–Crippen MR) is 121 cm³/mol. The largest absolute Gasteiger partial charge is 0.497 e. The molecule has 0 saturated heterocycles. The van der Waals surface area contributed by atoms with Crippen LogP contribution in [-0.4, -0.2) is 34.4 Å². The summed E-state index contributed by atoms with van der Waals surface area (Å²) in [6, 6.07) is 16.2. The Kier molecular flexibility index (Phi) is 5.35. The number of para-hydroxylation sites is 1. The molecule has 1 aliphatic heterocycles. The van der Waals surface area contributed by atoms with E-state index in [1.54, 1.807) is 29.4 Å². The number of aryl methyl sites for hydroxylation is 1. The average molecular weight is 429 g/mol. The van der Waals surface area contributed by atoms with E-state index in [0.717, 1.165) is 34.1 Å². The molecule has 0 saturated carbocycles. The van der Waals surface area contributed by atoms with Gasteiger partial charge < -0.3 is 14.6 Å². The molecule has 1 aliphatic rings. The van der Waals surface area contributed by atoms with Crippen molar-refractivity contribution >= 4 is 16.8 Å². The van der Waals surface area contributed by atoms with Crippen LogP contribution in [0, 0.1) is 5.82 Å². The minimum Gasteiger partial charge on any atom is -0.497 e. The standard InChI is InChI=1S/C26H24FN3O2/c1-32-18-9-10-21(22(27)15-18)26-25-20(19-6-2-3-7-23(19)29-25)12-14-30(26)24(31)11-8-17-5-4-13-28-16-17/h2-7,9-10,13,15-16,26,29H,8,11-12,14H2,1H3. The number of amides is 1. The van der Waals surface area contributed by atoms with Crippen LogP contribution in [0.1, 0.15) is 34.8 Å². The third kappa shape index (κ3) is 3.62. The molecule has 0 aliphatic carbocycles. The molecule has 162 valence electrons. The SMILES string of the molecule is COc1ccc(C2c3[nH]c4ccccc4c3CCN2C(=O)CCc2cccnc2)c(F)c1. The quantitative estimate of drug-likeness (QED) is 0.495. The Morgan fingerprint density at radius 3 is 2.88 bits per heavy atom. The highest BCUT2D eigenvalue weighted by molar-refractivity contribution is 5.86. The van der Waals surface area contributed by atoms with Gasteiger partial charge in [-0.05, 0) is 48.2 Å². The van der Waals surface area contributed by atoms with E-state index in [0.29, 0.717) is 30.7 Å². The second kappa shape index (κ2) is 8.46. The maximum Gasteiger partial charge on any atom is 0.223 e. The third-order valence-corrected chi connectivity index (χ3v) is 6.21. The molecule has 1 N–H and O–H groups in total. The van der Waals surface area contributed by atoms with Crippen molar-refractivity contribution < 1.29 is 13.9 Å². The van der Waals surface area contributed by atoms with E-state index in [2.05, 4.69) is 16.0 Å². The highest BCUT2D eigenvalue weighted by Gasteiger charge is 2.35. The topological polar surface area (TPSA) is 58.2 Å². The van der Waals surface area contributed by atoms with E-state index in [-0.39, 0.29) is 11.7 Å². The molecule has 4 aromatic rings. The highest BCUT2D eigenvalue weighted by atomic mass is 19.1. The van der Waals surface area contributed by atoms with Crippen LogP contribution in [0.4, 0.5) is 4.39 Å². The first kappa shape index (κ1) is 20.2. The summed E-state index contributed by atoms with van der Waals surface area (Å²) >= 11 is 0. The van der Waals surface area contributed by atoms with Gasteiger partial charge in [-0.1, -0.05) is 24.3 Å². The number of halogens is 1. The summed E-state index contributed by atoms with van der Waals surface area (Å²) in [7, 11) is 1.51. The number of nitrogens with one attached hydrogen (secondary N) is 1. The zero-order valence-electron chi connectivity index (χ0n) is 17.8. The first-order chi connectivity index (χ1) is 15.7. The summed E-state index contributed by atoms with van der Waals surface area (Å²) in [5.74, 6) is 0.0673. The van der Waals surface area contributed by atoms with Crippen LogP contribution in [0.3, 0.4) is 0 Å². The van der Waals surface area contributed by atoms with Crippen LogP contribution in [-0.2, 0) is 17.6 Å². The molecule has 0 spiro atoms. The molecule has 1 unspecified atom stereocenters. The number of methoxy groups -OCH3 is 1. The average Bonchev–Trinajstić information content (AvgIpc) is 3.21. The molecule has 0 radical (unpaired) electrons. The van der Waals surface area contributed by atoms with Gasteiger partial charge >= 0.3 is 0 Å². The lowest BCUT2D eigenvalue weighted by atomic mass is 9.91. The van der Waals surface area contributed by atoms with E-state index >= 15 is 4.39 Å². The number of ether oxygens (including phenoxy) is 1. The van der Waals surface area contributed by atoms with Crippen LogP contribution in [0.25, 0.3) is 10.9 Å². The van der Waals surface area contributed by atoms with Crippen molar-refractivity contribution in [3.63, 3.8) is 0 Å². The summed E-state index contributed by atoms with van der Waals surface area (Å²) in [6.45, 7) is 0.539. The van der Waals surface area contributed by atoms with Gasteiger partial charge in [0.15, 0.2) is 0 Å². The van der Waals surface area contributed by atoms with Crippen molar-refractivity contribution in [3.05, 3.63) is 95.2 Å². The molecule has 2 aromatic heterocycles. The number of H-pyrrole nitrogens is 1. The van der Waals surface area contributed by atoms with Gasteiger partial charge in [-0.15, -0.1) is 0 Å². The molecule has 5 nitrogen and oxygen atoms in total. The molecule has 1 amide bonds. The number of fused-ring (bicyclic) bond motifs is 3. The van der Waals surface area contributed by atoms with Crippen molar-refractivity contribution in [2.45, 2.75) is 25.3 Å². The van der Waals surface area contributed by atoms with Crippen LogP contribution >= 0.6 is 0 Å². The molecule has 32 heavy (non-hydrogen) atoms. The molecule has 5 rings (SSSR count). The number of benzene rings is 2. The van der Waals surface area contributed by atoms with Gasteiger partial charge in [-0.2, -0.15) is 0 Å². The van der Waals surface area contributed by atoms with E-state index in [1.807, 2.05) is 30.3 Å². The molecule has 0 bridgehead atoms. The number of nitrogens with zero attached hydrogens (tertiary/aromatic N) is 2. The lowest BCUT2D eigenvalue weighted by Crippen LogP contribution is -2.41. The Labute approximate surface area is 185 Å². The second-order valence-electron chi connectivity index (χ2n) is 8.05. The van der Waals surface area contributed by atoms with Gasteiger partial charge in [-0.25, -0.2) is 4.39 Å². The summed E-state index contributed by atoms with van der Waals surface area (Å²) in [5.41, 5.74) is 4.51. The van der Waals surface area contributed by atoms with E-state index in [1.165, 1.54) is 13.2 Å². The number of aromatic amines is 1. The van der Waals surface area contributed by atoms with Gasteiger partial charge in [-0.3, -0.25) is 9.78 Å². The fraction of sp³-hybridized carbons (Fsp3) is 0.231. The predicted octanol–water partition coefficient (Wildman–Crippen LogP) is 4.82. The number of carbonyl (C=O) groups is 1.